The van der Waals surface area contributed by atoms with E-state index in [1.807, 2.05) is 68.4 Å². The predicted octanol–water partition coefficient (Wildman–Crippen LogP) is 7.90. The van der Waals surface area contributed by atoms with E-state index in [1.165, 1.54) is 37.1 Å². The molecule has 0 fully saturated rings. The van der Waals surface area contributed by atoms with Gasteiger partial charge in [-0.3, -0.25) is 14.4 Å². The van der Waals surface area contributed by atoms with Gasteiger partial charge in [0.05, 0.1) is 7.11 Å². The summed E-state index contributed by atoms with van der Waals surface area (Å²) in [6, 6.07) is 35.6. The largest absolute Gasteiger partial charge is 0.508 e. The van der Waals surface area contributed by atoms with Gasteiger partial charge in [0.1, 0.15) is 22.4 Å². The van der Waals surface area contributed by atoms with Gasteiger partial charge in [0.15, 0.2) is 0 Å². The highest BCUT2D eigenvalue weighted by Crippen LogP contribution is 2.37. The molecule has 0 aromatic heterocycles. The lowest BCUT2D eigenvalue weighted by Crippen LogP contribution is -2.30. The van der Waals surface area contributed by atoms with Gasteiger partial charge in [-0.25, -0.2) is 0 Å². The molecule has 9 heteroatoms. The van der Waals surface area contributed by atoms with Crippen LogP contribution in [-0.2, 0) is 9.59 Å². The third-order valence-electron chi connectivity index (χ3n) is 7.22. The molecular formula is C39H35N3O5S. The van der Waals surface area contributed by atoms with Crippen molar-refractivity contribution in [2.45, 2.75) is 24.0 Å². The molecule has 1 unspecified atom stereocenters. The van der Waals surface area contributed by atoms with Crippen LogP contribution >= 0.6 is 11.8 Å². The number of carbonyl (C=O) groups excluding carboxylic acids is 3. The highest BCUT2D eigenvalue weighted by Gasteiger charge is 2.23. The van der Waals surface area contributed by atoms with Gasteiger partial charge in [0.2, 0.25) is 5.91 Å². The normalized spacial score (nSPS) is 11.7. The van der Waals surface area contributed by atoms with Gasteiger partial charge >= 0.3 is 0 Å². The second-order valence-corrected chi connectivity index (χ2v) is 12.2. The molecule has 5 rings (SSSR count). The SMILES string of the molecule is COc1cc(O)ccc1/C=C(/NC(=O)c1ccccc1)C(=O)Nc1cccc(SC(C(=O)Nc2cc(C)cc(C)c2)c2ccccc2)c1. The van der Waals surface area contributed by atoms with Crippen molar-refractivity contribution < 1.29 is 24.2 Å². The van der Waals surface area contributed by atoms with Crippen LogP contribution in [0.2, 0.25) is 0 Å². The Labute approximate surface area is 283 Å². The van der Waals surface area contributed by atoms with Crippen LogP contribution < -0.4 is 20.7 Å². The predicted molar refractivity (Wildman–Crippen MR) is 191 cm³/mol. The lowest BCUT2D eigenvalue weighted by molar-refractivity contribution is -0.116. The quantitative estimate of drug-likeness (QED) is 0.0848. The Morgan fingerprint density at radius 2 is 1.44 bits per heavy atom. The van der Waals surface area contributed by atoms with Crippen LogP contribution in [0.3, 0.4) is 0 Å². The maximum atomic E-state index is 13.7. The summed E-state index contributed by atoms with van der Waals surface area (Å²) in [5, 5.41) is 18.0. The van der Waals surface area contributed by atoms with E-state index in [0.29, 0.717) is 22.6 Å². The second-order valence-electron chi connectivity index (χ2n) is 11.1. The molecule has 0 aliphatic carbocycles. The van der Waals surface area contributed by atoms with E-state index >= 15 is 0 Å². The van der Waals surface area contributed by atoms with Gasteiger partial charge in [-0.15, -0.1) is 11.8 Å². The molecule has 0 heterocycles. The molecular weight excluding hydrogens is 623 g/mol. The zero-order valence-corrected chi connectivity index (χ0v) is 27.5. The fraction of sp³-hybridized carbons (Fsp3) is 0.103. The Kier molecular flexibility index (Phi) is 11.0. The summed E-state index contributed by atoms with van der Waals surface area (Å²) in [6.45, 7) is 3.97. The average Bonchev–Trinajstić information content (AvgIpc) is 3.08. The second kappa shape index (κ2) is 15.7. The molecule has 0 bridgehead atoms. The van der Waals surface area contributed by atoms with E-state index in [4.69, 9.17) is 4.74 Å². The summed E-state index contributed by atoms with van der Waals surface area (Å²) in [6.07, 6.45) is 1.48. The average molecular weight is 658 g/mol. The molecule has 242 valence electrons. The van der Waals surface area contributed by atoms with Crippen molar-refractivity contribution in [1.82, 2.24) is 5.32 Å². The summed E-state index contributed by atoms with van der Waals surface area (Å²) in [4.78, 5) is 41.3. The highest BCUT2D eigenvalue weighted by molar-refractivity contribution is 8.00. The van der Waals surface area contributed by atoms with E-state index in [9.17, 15) is 19.5 Å². The van der Waals surface area contributed by atoms with Crippen LogP contribution in [0.5, 0.6) is 11.5 Å². The molecule has 1 atom stereocenters. The Bertz CT molecular complexity index is 1940. The fourth-order valence-electron chi connectivity index (χ4n) is 5.05. The van der Waals surface area contributed by atoms with Crippen molar-refractivity contribution in [2.24, 2.45) is 0 Å². The van der Waals surface area contributed by atoms with Gasteiger partial charge < -0.3 is 25.8 Å². The number of hydrogen-bond donors (Lipinski definition) is 4. The molecule has 0 spiro atoms. The molecule has 5 aromatic rings. The van der Waals surface area contributed by atoms with Crippen LogP contribution in [0.15, 0.2) is 132 Å². The lowest BCUT2D eigenvalue weighted by atomic mass is 10.1. The third-order valence-corrected chi connectivity index (χ3v) is 8.47. The zero-order chi connectivity index (χ0) is 34.0. The number of hydrogen-bond acceptors (Lipinski definition) is 6. The minimum absolute atomic E-state index is 0.00544. The molecule has 0 radical (unpaired) electrons. The maximum Gasteiger partial charge on any atom is 0.272 e. The van der Waals surface area contributed by atoms with Crippen LogP contribution in [0.4, 0.5) is 11.4 Å². The Balaban J connectivity index is 1.40. The number of aromatic hydroxyl groups is 1. The topological polar surface area (TPSA) is 117 Å². The summed E-state index contributed by atoms with van der Waals surface area (Å²) in [5.41, 5.74) is 4.92. The van der Waals surface area contributed by atoms with Crippen molar-refractivity contribution in [3.8, 4) is 11.5 Å². The van der Waals surface area contributed by atoms with Crippen molar-refractivity contribution in [3.05, 3.63) is 155 Å². The molecule has 0 saturated heterocycles. The number of benzene rings is 5. The van der Waals surface area contributed by atoms with Gasteiger partial charge in [0, 0.05) is 33.5 Å². The maximum absolute atomic E-state index is 13.7. The number of anilines is 2. The van der Waals surface area contributed by atoms with Crippen molar-refractivity contribution >= 4 is 46.9 Å². The number of methoxy groups -OCH3 is 1. The van der Waals surface area contributed by atoms with E-state index in [-0.39, 0.29) is 17.4 Å². The number of aryl methyl sites for hydroxylation is 2. The Morgan fingerprint density at radius 1 is 0.750 bits per heavy atom. The number of nitrogens with one attached hydrogen (secondary N) is 3. The van der Waals surface area contributed by atoms with Crippen LogP contribution in [0, 0.1) is 13.8 Å². The molecule has 8 nitrogen and oxygen atoms in total. The Morgan fingerprint density at radius 3 is 2.12 bits per heavy atom. The third kappa shape index (κ3) is 8.92. The summed E-state index contributed by atoms with van der Waals surface area (Å²) >= 11 is 1.36. The number of amides is 3. The van der Waals surface area contributed by atoms with Gasteiger partial charge in [0.25, 0.3) is 11.8 Å². The Hall–Kier alpha value is -5.80. The smallest absolute Gasteiger partial charge is 0.272 e. The van der Waals surface area contributed by atoms with E-state index < -0.39 is 17.1 Å². The van der Waals surface area contributed by atoms with E-state index in [0.717, 1.165) is 27.3 Å². The number of phenolic OH excluding ortho intramolecular Hbond substituents is 1. The van der Waals surface area contributed by atoms with Gasteiger partial charge in [-0.05, 0) is 91.2 Å². The molecule has 48 heavy (non-hydrogen) atoms. The molecule has 4 N–H and O–H groups in total. The number of carbonyl (C=O) groups is 3. The molecule has 3 amide bonds. The monoisotopic (exact) mass is 657 g/mol. The molecule has 5 aromatic carbocycles. The van der Waals surface area contributed by atoms with Gasteiger partial charge in [-0.2, -0.15) is 0 Å². The summed E-state index contributed by atoms with van der Waals surface area (Å²) in [5.74, 6) is -0.918. The van der Waals surface area contributed by atoms with Crippen LogP contribution in [0.1, 0.15) is 37.9 Å². The first-order chi connectivity index (χ1) is 23.2. The van der Waals surface area contributed by atoms with Crippen molar-refractivity contribution in [3.63, 3.8) is 0 Å². The molecule has 0 saturated carbocycles. The number of ether oxygens (including phenoxy) is 1. The first-order valence-electron chi connectivity index (χ1n) is 15.2. The standard InChI is InChI=1S/C39H35N3O5S/c1-25-19-26(2)21-31(20-25)41-39(46)36(27-11-6-4-7-12-27)48-33-16-10-15-30(23-33)40-38(45)34(42-37(44)28-13-8-5-9-14-28)22-29-17-18-32(43)24-35(29)47-3/h4-24,36,43H,1-3H3,(H,40,45)(H,41,46)(H,42,44)/b34-22+. The summed E-state index contributed by atoms with van der Waals surface area (Å²) < 4.78 is 5.39. The van der Waals surface area contributed by atoms with Gasteiger partial charge in [-0.1, -0.05) is 60.7 Å². The van der Waals surface area contributed by atoms with E-state index in [2.05, 4.69) is 16.0 Å². The van der Waals surface area contributed by atoms with Crippen LogP contribution in [-0.4, -0.2) is 29.9 Å². The molecule has 0 aliphatic heterocycles. The lowest BCUT2D eigenvalue weighted by Gasteiger charge is -2.18. The minimum Gasteiger partial charge on any atom is -0.508 e. The highest BCUT2D eigenvalue weighted by atomic mass is 32.2. The minimum atomic E-state index is -0.583. The summed E-state index contributed by atoms with van der Waals surface area (Å²) in [7, 11) is 1.45. The van der Waals surface area contributed by atoms with Crippen LogP contribution in [0.25, 0.3) is 6.08 Å². The van der Waals surface area contributed by atoms with Crippen molar-refractivity contribution in [2.75, 3.05) is 17.7 Å². The first kappa shape index (κ1) is 33.6. The van der Waals surface area contributed by atoms with E-state index in [1.54, 1.807) is 54.6 Å². The fourth-order valence-corrected chi connectivity index (χ4v) is 6.14. The number of thioether (sulfide) groups is 1. The number of phenols is 1. The first-order valence-corrected chi connectivity index (χ1v) is 16.0. The van der Waals surface area contributed by atoms with Crippen molar-refractivity contribution in [1.29, 1.82) is 0 Å². The zero-order valence-electron chi connectivity index (χ0n) is 26.7. The molecule has 0 aliphatic rings. The number of rotatable bonds is 11.